The third-order valence-corrected chi connectivity index (χ3v) is 3.17. The van der Waals surface area contributed by atoms with Crippen molar-refractivity contribution < 1.29 is 8.78 Å². The highest BCUT2D eigenvalue weighted by molar-refractivity contribution is 7.15. The van der Waals surface area contributed by atoms with Gasteiger partial charge < -0.3 is 10.6 Å². The lowest BCUT2D eigenvalue weighted by Crippen LogP contribution is -2.49. The summed E-state index contributed by atoms with van der Waals surface area (Å²) in [6.07, 6.45) is -2.52. The molecule has 0 spiro atoms. The number of anilines is 1. The van der Waals surface area contributed by atoms with E-state index >= 15 is 0 Å². The molecule has 1 aromatic rings. The number of hydrogen-bond acceptors (Lipinski definition) is 5. The first-order chi connectivity index (χ1) is 6.70. The minimum atomic E-state index is -2.52. The minimum Gasteiger partial charge on any atom is -0.346 e. The molecule has 2 heterocycles. The molecule has 0 radical (unpaired) electrons. The zero-order valence-corrected chi connectivity index (χ0v) is 8.18. The number of aromatic nitrogens is 2. The Balaban J connectivity index is 1.98. The molecule has 7 heteroatoms. The van der Waals surface area contributed by atoms with Crippen molar-refractivity contribution in [2.24, 2.45) is 11.7 Å². The van der Waals surface area contributed by atoms with Crippen LogP contribution in [-0.2, 0) is 0 Å². The standard InChI is InChI=1S/C7H10F2N4S/c8-5(9)6-11-12-7(14-6)13-2-4(1-10)3-13/h4-5H,1-3,10H2. The summed E-state index contributed by atoms with van der Waals surface area (Å²) in [7, 11) is 0. The van der Waals surface area contributed by atoms with Crippen LogP contribution in [0.2, 0.25) is 0 Å². The SMILES string of the molecule is NCC1CN(c2nnc(C(F)F)s2)C1. The highest BCUT2D eigenvalue weighted by atomic mass is 32.1. The molecule has 0 saturated carbocycles. The normalized spacial score (nSPS) is 17.6. The summed E-state index contributed by atoms with van der Waals surface area (Å²) in [5, 5.41) is 7.48. The van der Waals surface area contributed by atoms with Crippen LogP contribution in [0, 0.1) is 5.92 Å². The Labute approximate surface area is 83.7 Å². The van der Waals surface area contributed by atoms with E-state index < -0.39 is 6.43 Å². The lowest BCUT2D eigenvalue weighted by molar-refractivity contribution is 0.150. The van der Waals surface area contributed by atoms with E-state index in [0.717, 1.165) is 24.4 Å². The summed E-state index contributed by atoms with van der Waals surface area (Å²) in [6.45, 7) is 2.24. The van der Waals surface area contributed by atoms with Gasteiger partial charge in [0, 0.05) is 19.0 Å². The summed E-state index contributed by atoms with van der Waals surface area (Å²) in [5.74, 6) is 0.467. The van der Waals surface area contributed by atoms with Crippen molar-refractivity contribution >= 4 is 16.5 Å². The third kappa shape index (κ3) is 1.69. The molecule has 4 nitrogen and oxygen atoms in total. The molecule has 0 amide bonds. The largest absolute Gasteiger partial charge is 0.346 e. The second kappa shape index (κ2) is 3.74. The average Bonchev–Trinajstić information content (AvgIpc) is 2.51. The molecule has 2 rings (SSSR count). The van der Waals surface area contributed by atoms with E-state index in [0.29, 0.717) is 17.6 Å². The van der Waals surface area contributed by atoms with Gasteiger partial charge >= 0.3 is 0 Å². The van der Waals surface area contributed by atoms with Crippen molar-refractivity contribution in [3.8, 4) is 0 Å². The van der Waals surface area contributed by atoms with Gasteiger partial charge in [-0.1, -0.05) is 11.3 Å². The molecule has 2 N–H and O–H groups in total. The van der Waals surface area contributed by atoms with Crippen LogP contribution in [0.5, 0.6) is 0 Å². The van der Waals surface area contributed by atoms with Gasteiger partial charge in [0.25, 0.3) is 6.43 Å². The van der Waals surface area contributed by atoms with Crippen molar-refractivity contribution in [1.82, 2.24) is 10.2 Å². The van der Waals surface area contributed by atoms with Gasteiger partial charge in [0.15, 0.2) is 5.01 Å². The number of halogens is 2. The Morgan fingerprint density at radius 2 is 2.21 bits per heavy atom. The van der Waals surface area contributed by atoms with Gasteiger partial charge in [0.05, 0.1) is 0 Å². The number of nitrogens with two attached hydrogens (primary N) is 1. The van der Waals surface area contributed by atoms with Gasteiger partial charge in [-0.3, -0.25) is 0 Å². The van der Waals surface area contributed by atoms with Gasteiger partial charge in [-0.15, -0.1) is 10.2 Å². The van der Waals surface area contributed by atoms with Crippen LogP contribution in [0.25, 0.3) is 0 Å². The molecule has 1 aliphatic rings. The predicted molar refractivity (Wildman–Crippen MR) is 49.6 cm³/mol. The second-order valence-corrected chi connectivity index (χ2v) is 4.22. The van der Waals surface area contributed by atoms with Crippen LogP contribution in [0.3, 0.4) is 0 Å². The van der Waals surface area contributed by atoms with E-state index in [1.165, 1.54) is 0 Å². The summed E-state index contributed by atoms with van der Waals surface area (Å²) in [5.41, 5.74) is 5.45. The maximum Gasteiger partial charge on any atom is 0.291 e. The fourth-order valence-electron chi connectivity index (χ4n) is 1.32. The predicted octanol–water partition coefficient (Wildman–Crippen LogP) is 0.871. The molecule has 1 saturated heterocycles. The third-order valence-electron chi connectivity index (χ3n) is 2.18. The van der Waals surface area contributed by atoms with Gasteiger partial charge in [-0.2, -0.15) is 0 Å². The van der Waals surface area contributed by atoms with Crippen LogP contribution in [0.15, 0.2) is 0 Å². The lowest BCUT2D eigenvalue weighted by Gasteiger charge is -2.37. The van der Waals surface area contributed by atoms with E-state index in [1.54, 1.807) is 0 Å². The van der Waals surface area contributed by atoms with Crippen molar-refractivity contribution in [2.75, 3.05) is 24.5 Å². The highest BCUT2D eigenvalue weighted by Crippen LogP contribution is 2.31. The van der Waals surface area contributed by atoms with Crippen LogP contribution in [0.4, 0.5) is 13.9 Å². The van der Waals surface area contributed by atoms with E-state index in [-0.39, 0.29) is 5.01 Å². The smallest absolute Gasteiger partial charge is 0.291 e. The molecule has 0 bridgehead atoms. The molecular formula is C7H10F2N4S. The van der Waals surface area contributed by atoms with Gasteiger partial charge in [-0.05, 0) is 6.54 Å². The molecule has 0 aliphatic carbocycles. The van der Waals surface area contributed by atoms with E-state index in [2.05, 4.69) is 10.2 Å². The molecule has 1 aromatic heterocycles. The second-order valence-electron chi connectivity index (χ2n) is 3.23. The molecule has 1 fully saturated rings. The molecule has 14 heavy (non-hydrogen) atoms. The first-order valence-corrected chi connectivity index (χ1v) is 5.09. The summed E-state index contributed by atoms with van der Waals surface area (Å²) < 4.78 is 24.4. The maximum atomic E-state index is 12.2. The molecule has 0 unspecified atom stereocenters. The lowest BCUT2D eigenvalue weighted by atomic mass is 10.0. The number of rotatable bonds is 3. The summed E-state index contributed by atoms with van der Waals surface area (Å²) >= 11 is 0.950. The Morgan fingerprint density at radius 1 is 1.50 bits per heavy atom. The fraction of sp³-hybridized carbons (Fsp3) is 0.714. The first kappa shape index (κ1) is 9.72. The van der Waals surface area contributed by atoms with Gasteiger partial charge in [0.1, 0.15) is 0 Å². The Morgan fingerprint density at radius 3 is 2.71 bits per heavy atom. The van der Waals surface area contributed by atoms with E-state index in [1.807, 2.05) is 4.90 Å². The topological polar surface area (TPSA) is 55.0 Å². The van der Waals surface area contributed by atoms with Crippen LogP contribution in [0.1, 0.15) is 11.4 Å². The van der Waals surface area contributed by atoms with Crippen molar-refractivity contribution in [1.29, 1.82) is 0 Å². The van der Waals surface area contributed by atoms with Crippen molar-refractivity contribution in [3.63, 3.8) is 0 Å². The van der Waals surface area contributed by atoms with Crippen LogP contribution >= 0.6 is 11.3 Å². The number of alkyl halides is 2. The first-order valence-electron chi connectivity index (χ1n) is 4.27. The number of nitrogens with zero attached hydrogens (tertiary/aromatic N) is 3. The fourth-order valence-corrected chi connectivity index (χ4v) is 2.04. The monoisotopic (exact) mass is 220 g/mol. The van der Waals surface area contributed by atoms with Crippen LogP contribution < -0.4 is 10.6 Å². The van der Waals surface area contributed by atoms with Gasteiger partial charge in [-0.25, -0.2) is 8.78 Å². The van der Waals surface area contributed by atoms with E-state index in [9.17, 15) is 8.78 Å². The van der Waals surface area contributed by atoms with Crippen molar-refractivity contribution in [2.45, 2.75) is 6.43 Å². The molecule has 78 valence electrons. The van der Waals surface area contributed by atoms with Gasteiger partial charge in [0.2, 0.25) is 5.13 Å². The van der Waals surface area contributed by atoms with E-state index in [4.69, 9.17) is 5.73 Å². The quantitative estimate of drug-likeness (QED) is 0.821. The molecule has 0 atom stereocenters. The van der Waals surface area contributed by atoms with Crippen LogP contribution in [-0.4, -0.2) is 29.8 Å². The molecule has 0 aromatic carbocycles. The van der Waals surface area contributed by atoms with Crippen molar-refractivity contribution in [3.05, 3.63) is 5.01 Å². The highest BCUT2D eigenvalue weighted by Gasteiger charge is 2.28. The zero-order chi connectivity index (χ0) is 10.1. The Bertz CT molecular complexity index is 310. The summed E-state index contributed by atoms with van der Waals surface area (Å²) in [4.78, 5) is 1.92. The molecule has 1 aliphatic heterocycles. The minimum absolute atomic E-state index is 0.212. The summed E-state index contributed by atoms with van der Waals surface area (Å²) in [6, 6.07) is 0. The maximum absolute atomic E-state index is 12.2. The Hall–Kier alpha value is -0.820. The Kier molecular flexibility index (Phi) is 2.60. The zero-order valence-electron chi connectivity index (χ0n) is 7.36. The average molecular weight is 220 g/mol. The number of hydrogen-bond donors (Lipinski definition) is 1. The molecular weight excluding hydrogens is 210 g/mol.